The van der Waals surface area contributed by atoms with Gasteiger partial charge in [-0.3, -0.25) is 10.2 Å². The number of carbonyl (C=O) groups is 2. The number of carbonyl (C=O) groups excluding carboxylic acids is 2. The third kappa shape index (κ3) is 6.32. The van der Waals surface area contributed by atoms with Crippen molar-refractivity contribution in [2.24, 2.45) is 0 Å². The van der Waals surface area contributed by atoms with Crippen LogP contribution in [0.4, 0.5) is 10.5 Å². The average molecular weight is 531 g/mol. The minimum Gasteiger partial charge on any atom is -0.496 e. The van der Waals surface area contributed by atoms with E-state index in [1.54, 1.807) is 7.11 Å². The zero-order valence-corrected chi connectivity index (χ0v) is 23.9. The number of methoxy groups -OCH3 is 1. The van der Waals surface area contributed by atoms with Gasteiger partial charge >= 0.3 is 6.09 Å². The highest BCUT2D eigenvalue weighted by atomic mass is 16.6. The number of ether oxygens (including phenoxy) is 2. The van der Waals surface area contributed by atoms with E-state index >= 15 is 0 Å². The number of hydrogen-bond donors (Lipinski definition) is 1. The van der Waals surface area contributed by atoms with Crippen LogP contribution in [0.25, 0.3) is 11.1 Å². The Morgan fingerprint density at radius 2 is 1.54 bits per heavy atom. The lowest BCUT2D eigenvalue weighted by Crippen LogP contribution is -2.66. The molecule has 3 aromatic rings. The average Bonchev–Trinajstić information content (AvgIpc) is 2.92. The fourth-order valence-corrected chi connectivity index (χ4v) is 4.95. The van der Waals surface area contributed by atoms with E-state index in [9.17, 15) is 9.59 Å². The number of nitrogens with one attached hydrogen (secondary N) is 1. The molecule has 0 aliphatic carbocycles. The molecule has 1 fully saturated rings. The molecule has 3 aromatic carbocycles. The zero-order valence-electron chi connectivity index (χ0n) is 23.9. The first-order chi connectivity index (χ1) is 18.5. The van der Waals surface area contributed by atoms with Crippen molar-refractivity contribution in [3.05, 3.63) is 83.9 Å². The van der Waals surface area contributed by atoms with Crippen LogP contribution in [0.3, 0.4) is 0 Å². The number of hydrogen-bond acceptors (Lipinski definition) is 5. The maximum absolute atomic E-state index is 13.6. The Balaban J connectivity index is 1.55. The van der Waals surface area contributed by atoms with E-state index in [-0.39, 0.29) is 16.5 Å². The Bertz CT molecular complexity index is 1290. The molecule has 1 N–H and O–H groups in total. The van der Waals surface area contributed by atoms with E-state index in [0.717, 1.165) is 16.8 Å². The van der Waals surface area contributed by atoms with Crippen molar-refractivity contribution in [1.82, 2.24) is 14.9 Å². The van der Waals surface area contributed by atoms with E-state index < -0.39 is 5.60 Å². The topological polar surface area (TPSA) is 67.9 Å². The summed E-state index contributed by atoms with van der Waals surface area (Å²) in [7, 11) is 1.62. The summed E-state index contributed by atoms with van der Waals surface area (Å²) < 4.78 is 11.6. The summed E-state index contributed by atoms with van der Waals surface area (Å²) in [5.41, 5.74) is 6.82. The predicted molar refractivity (Wildman–Crippen MR) is 156 cm³/mol. The van der Waals surface area contributed by atoms with E-state index in [1.807, 2.05) is 86.4 Å². The van der Waals surface area contributed by atoms with Gasteiger partial charge in [-0.15, -0.1) is 0 Å². The van der Waals surface area contributed by atoms with Gasteiger partial charge in [0.25, 0.3) is 5.91 Å². The summed E-state index contributed by atoms with van der Waals surface area (Å²) in [4.78, 5) is 27.1. The van der Waals surface area contributed by atoms with Gasteiger partial charge in [-0.25, -0.2) is 5.01 Å². The summed E-state index contributed by atoms with van der Waals surface area (Å²) in [5.74, 6) is 0.845. The number of amides is 2. The van der Waals surface area contributed by atoms with E-state index in [0.29, 0.717) is 43.4 Å². The summed E-state index contributed by atoms with van der Waals surface area (Å²) in [6.45, 7) is 11.9. The smallest absolute Gasteiger partial charge is 0.496 e. The van der Waals surface area contributed by atoms with Crippen LogP contribution in [0.1, 0.15) is 56.5 Å². The molecule has 0 unspecified atom stereocenters. The molecule has 0 aromatic heterocycles. The van der Waals surface area contributed by atoms with Crippen molar-refractivity contribution in [2.75, 3.05) is 33.3 Å². The molecule has 39 heavy (non-hydrogen) atoms. The van der Waals surface area contributed by atoms with E-state index in [4.69, 9.17) is 9.47 Å². The second kappa shape index (κ2) is 11.6. The van der Waals surface area contributed by atoms with Crippen molar-refractivity contribution in [3.8, 4) is 16.9 Å². The molecule has 0 atom stereocenters. The third-order valence-electron chi connectivity index (χ3n) is 7.11. The summed E-state index contributed by atoms with van der Waals surface area (Å²) in [6.07, 6.45) is -0.278. The summed E-state index contributed by atoms with van der Waals surface area (Å²) >= 11 is 0. The molecule has 206 valence electrons. The molecular formula is C32H40N3O4+. The lowest BCUT2D eigenvalue weighted by Gasteiger charge is -2.41. The van der Waals surface area contributed by atoms with Crippen LogP contribution in [0.2, 0.25) is 0 Å². The first-order valence-corrected chi connectivity index (χ1v) is 13.5. The van der Waals surface area contributed by atoms with Gasteiger partial charge in [-0.2, -0.15) is 9.28 Å². The molecule has 1 aliphatic rings. The normalized spacial score (nSPS) is 15.6. The highest BCUT2D eigenvalue weighted by Gasteiger charge is 2.46. The fraction of sp³-hybridized carbons (Fsp3) is 0.375. The number of quaternary nitrogens is 1. The van der Waals surface area contributed by atoms with Crippen molar-refractivity contribution in [1.29, 1.82) is 0 Å². The standard InChI is InChI=1S/C32H39N3O4/c1-23(2)24-15-17-25(18-16-24)29-27(13-10-14-28(29)38-6)30(36)33-34-19-21-35(22-20-34,26-11-8-7-9-12-26)31(37)39-32(3,4)5/h7-18,23H,19-22H2,1-6H3/p+1. The highest BCUT2D eigenvalue weighted by Crippen LogP contribution is 2.34. The number of piperazine rings is 1. The quantitative estimate of drug-likeness (QED) is 0.374. The number of para-hydroxylation sites is 1. The Morgan fingerprint density at radius 1 is 0.897 bits per heavy atom. The van der Waals surface area contributed by atoms with Gasteiger partial charge in [-0.1, -0.05) is 62.4 Å². The third-order valence-corrected chi connectivity index (χ3v) is 7.11. The van der Waals surface area contributed by atoms with Crippen molar-refractivity contribution in [3.63, 3.8) is 0 Å². The van der Waals surface area contributed by atoms with Gasteiger partial charge in [0.1, 0.15) is 30.1 Å². The van der Waals surface area contributed by atoms with E-state index in [2.05, 4.69) is 31.4 Å². The van der Waals surface area contributed by atoms with Gasteiger partial charge in [0.15, 0.2) is 0 Å². The molecule has 1 saturated heterocycles. The first-order valence-electron chi connectivity index (χ1n) is 13.5. The highest BCUT2D eigenvalue weighted by molar-refractivity contribution is 6.02. The Hall–Kier alpha value is -3.68. The second-order valence-electron chi connectivity index (χ2n) is 11.3. The van der Waals surface area contributed by atoms with Gasteiger partial charge in [0.2, 0.25) is 0 Å². The summed E-state index contributed by atoms with van der Waals surface area (Å²) in [5, 5.41) is 1.89. The van der Waals surface area contributed by atoms with Crippen LogP contribution in [0, 0.1) is 0 Å². The monoisotopic (exact) mass is 530 g/mol. The number of benzene rings is 3. The Labute approximate surface area is 231 Å². The van der Waals surface area contributed by atoms with Gasteiger partial charge in [0.05, 0.1) is 25.8 Å². The van der Waals surface area contributed by atoms with Gasteiger partial charge < -0.3 is 9.47 Å². The van der Waals surface area contributed by atoms with Crippen LogP contribution in [0.5, 0.6) is 5.75 Å². The first kappa shape index (κ1) is 28.3. The number of rotatable bonds is 6. The second-order valence-corrected chi connectivity index (χ2v) is 11.3. The maximum Gasteiger partial charge on any atom is 0.521 e. The van der Waals surface area contributed by atoms with Gasteiger partial charge in [-0.05, 0) is 62.1 Å². The Kier molecular flexibility index (Phi) is 8.42. The van der Waals surface area contributed by atoms with Crippen LogP contribution in [-0.2, 0) is 4.74 Å². The molecule has 1 heterocycles. The molecule has 0 bridgehead atoms. The van der Waals surface area contributed by atoms with Crippen LogP contribution < -0.4 is 14.6 Å². The van der Waals surface area contributed by atoms with Crippen molar-refractivity contribution in [2.45, 2.75) is 46.1 Å². The molecule has 7 heteroatoms. The van der Waals surface area contributed by atoms with Gasteiger partial charge in [0, 0.05) is 5.56 Å². The lowest BCUT2D eigenvalue weighted by molar-refractivity contribution is 0.0114. The molecule has 0 saturated carbocycles. The zero-order chi connectivity index (χ0) is 28.2. The largest absolute Gasteiger partial charge is 0.521 e. The Morgan fingerprint density at radius 3 is 2.10 bits per heavy atom. The SMILES string of the molecule is COc1cccc(C(=O)NN2CC[N+](C(=O)OC(C)(C)C)(c3ccccc3)CC2)c1-c1ccc(C(C)C)cc1. The molecule has 0 radical (unpaired) electrons. The number of nitrogens with zero attached hydrogens (tertiary/aromatic N) is 2. The maximum atomic E-state index is 13.6. The fourth-order valence-electron chi connectivity index (χ4n) is 4.95. The van der Waals surface area contributed by atoms with Crippen molar-refractivity contribution < 1.29 is 19.1 Å². The molecular weight excluding hydrogens is 490 g/mol. The van der Waals surface area contributed by atoms with Crippen LogP contribution >= 0.6 is 0 Å². The molecule has 2 amide bonds. The summed E-state index contributed by atoms with van der Waals surface area (Å²) in [6, 6.07) is 23.5. The minimum atomic E-state index is -0.599. The molecule has 1 aliphatic heterocycles. The predicted octanol–water partition coefficient (Wildman–Crippen LogP) is 6.39. The lowest BCUT2D eigenvalue weighted by atomic mass is 9.95. The van der Waals surface area contributed by atoms with Crippen LogP contribution in [-0.4, -0.2) is 55.9 Å². The number of hydrazine groups is 1. The minimum absolute atomic E-state index is 0.0804. The van der Waals surface area contributed by atoms with Crippen molar-refractivity contribution >= 4 is 17.7 Å². The molecule has 7 nitrogen and oxygen atoms in total. The molecule has 4 rings (SSSR count). The van der Waals surface area contributed by atoms with Crippen LogP contribution in [0.15, 0.2) is 72.8 Å². The van der Waals surface area contributed by atoms with E-state index in [1.165, 1.54) is 5.56 Å². The molecule has 0 spiro atoms.